The maximum Gasteiger partial charge on any atom is 0.252 e. The Morgan fingerprint density at radius 1 is 1.28 bits per heavy atom. The van der Waals surface area contributed by atoms with Crippen molar-refractivity contribution in [3.05, 3.63) is 34.3 Å². The fourth-order valence-corrected chi connectivity index (χ4v) is 3.14. The van der Waals surface area contributed by atoms with Crippen LogP contribution in [0.1, 0.15) is 43.5 Å². The lowest BCUT2D eigenvalue weighted by molar-refractivity contribution is 0.0890. The van der Waals surface area contributed by atoms with E-state index in [0.29, 0.717) is 17.9 Å². The van der Waals surface area contributed by atoms with Gasteiger partial charge in [-0.3, -0.25) is 4.79 Å². The zero-order chi connectivity index (χ0) is 13.1. The van der Waals surface area contributed by atoms with Gasteiger partial charge in [-0.15, -0.1) is 0 Å². The summed E-state index contributed by atoms with van der Waals surface area (Å²) in [6, 6.07) is 7.89. The summed E-state index contributed by atoms with van der Waals surface area (Å²) < 4.78 is 0.860. The smallest absolute Gasteiger partial charge is 0.252 e. The molecule has 2 nitrogen and oxygen atoms in total. The molecule has 1 N–H and O–H groups in total. The highest BCUT2D eigenvalue weighted by atomic mass is 79.9. The molecule has 0 saturated heterocycles. The van der Waals surface area contributed by atoms with Gasteiger partial charge in [0.15, 0.2) is 0 Å². The first-order valence-corrected chi connectivity index (χ1v) is 7.44. The molecule has 98 valence electrons. The van der Waals surface area contributed by atoms with Crippen molar-refractivity contribution in [3.63, 3.8) is 0 Å². The fourth-order valence-electron chi connectivity index (χ4n) is 2.68. The highest BCUT2D eigenvalue weighted by Crippen LogP contribution is 2.29. The summed E-state index contributed by atoms with van der Waals surface area (Å²) in [7, 11) is 0. The molecular weight excluding hydrogens is 290 g/mol. The Balaban J connectivity index is 2.05. The lowest BCUT2D eigenvalue weighted by Crippen LogP contribution is -2.43. The van der Waals surface area contributed by atoms with Gasteiger partial charge in [-0.1, -0.05) is 38.8 Å². The average molecular weight is 310 g/mol. The maximum absolute atomic E-state index is 12.2. The minimum Gasteiger partial charge on any atom is -0.349 e. The fraction of sp³-hybridized carbons (Fsp3) is 0.533. The van der Waals surface area contributed by atoms with Gasteiger partial charge in [-0.25, -0.2) is 0 Å². The number of rotatable bonds is 2. The first kappa shape index (κ1) is 13.6. The Morgan fingerprint density at radius 3 is 2.72 bits per heavy atom. The molecule has 1 aromatic rings. The van der Waals surface area contributed by atoms with Crippen LogP contribution in [0.4, 0.5) is 0 Å². The van der Waals surface area contributed by atoms with Crippen LogP contribution in [0.25, 0.3) is 0 Å². The van der Waals surface area contributed by atoms with Gasteiger partial charge in [0.2, 0.25) is 0 Å². The lowest BCUT2D eigenvalue weighted by atomic mass is 9.78. The molecule has 0 bridgehead atoms. The summed E-state index contributed by atoms with van der Waals surface area (Å²) in [5.41, 5.74) is 0.725. The van der Waals surface area contributed by atoms with Crippen LogP contribution in [0.2, 0.25) is 0 Å². The summed E-state index contributed by atoms with van der Waals surface area (Å²) in [5.74, 6) is 1.29. The first-order chi connectivity index (χ1) is 8.59. The van der Waals surface area contributed by atoms with Crippen molar-refractivity contribution >= 4 is 21.8 Å². The van der Waals surface area contributed by atoms with Gasteiger partial charge in [-0.05, 0) is 46.3 Å². The van der Waals surface area contributed by atoms with E-state index in [0.717, 1.165) is 16.5 Å². The molecule has 0 radical (unpaired) electrons. The molecule has 3 atom stereocenters. The third kappa shape index (κ3) is 2.94. The SMILES string of the molecule is CC1CCCC(NC(=O)c2ccccc2Br)C1C. The Labute approximate surface area is 117 Å². The van der Waals surface area contributed by atoms with Crippen molar-refractivity contribution in [1.29, 1.82) is 0 Å². The predicted molar refractivity (Wildman–Crippen MR) is 77.6 cm³/mol. The van der Waals surface area contributed by atoms with Gasteiger partial charge in [0.05, 0.1) is 5.56 Å². The van der Waals surface area contributed by atoms with Crippen LogP contribution >= 0.6 is 15.9 Å². The number of amides is 1. The quantitative estimate of drug-likeness (QED) is 0.879. The molecule has 3 unspecified atom stereocenters. The zero-order valence-corrected chi connectivity index (χ0v) is 12.5. The van der Waals surface area contributed by atoms with E-state index in [1.54, 1.807) is 0 Å². The standard InChI is InChI=1S/C15H20BrNO/c1-10-6-5-9-14(11(10)2)17-15(18)12-7-3-4-8-13(12)16/h3-4,7-8,10-11,14H,5-6,9H2,1-2H3,(H,17,18). The van der Waals surface area contributed by atoms with Crippen LogP contribution in [0.3, 0.4) is 0 Å². The Hall–Kier alpha value is -0.830. The minimum atomic E-state index is 0.0356. The molecule has 1 aliphatic carbocycles. The van der Waals surface area contributed by atoms with Crippen LogP contribution in [0.5, 0.6) is 0 Å². The van der Waals surface area contributed by atoms with E-state index in [4.69, 9.17) is 0 Å². The van der Waals surface area contributed by atoms with E-state index in [1.807, 2.05) is 24.3 Å². The van der Waals surface area contributed by atoms with Gasteiger partial charge in [0, 0.05) is 10.5 Å². The van der Waals surface area contributed by atoms with E-state index < -0.39 is 0 Å². The normalized spacial score (nSPS) is 27.8. The number of carbonyl (C=O) groups is 1. The second-order valence-electron chi connectivity index (χ2n) is 5.33. The zero-order valence-electron chi connectivity index (χ0n) is 10.9. The summed E-state index contributed by atoms with van der Waals surface area (Å²) in [5, 5.41) is 3.19. The van der Waals surface area contributed by atoms with Crippen LogP contribution in [0.15, 0.2) is 28.7 Å². The molecular formula is C15H20BrNO. The number of hydrogen-bond donors (Lipinski definition) is 1. The summed E-state index contributed by atoms with van der Waals surface area (Å²) in [6.07, 6.45) is 3.59. The van der Waals surface area contributed by atoms with Crippen LogP contribution in [-0.4, -0.2) is 11.9 Å². The molecule has 1 aromatic carbocycles. The van der Waals surface area contributed by atoms with Crippen LogP contribution in [-0.2, 0) is 0 Å². The molecule has 0 heterocycles. The summed E-state index contributed by atoms with van der Waals surface area (Å²) in [4.78, 5) is 12.2. The lowest BCUT2D eigenvalue weighted by Gasteiger charge is -2.34. The van der Waals surface area contributed by atoms with Crippen molar-refractivity contribution in [2.45, 2.75) is 39.2 Å². The highest BCUT2D eigenvalue weighted by molar-refractivity contribution is 9.10. The molecule has 2 rings (SSSR count). The summed E-state index contributed by atoms with van der Waals surface area (Å²) >= 11 is 3.43. The Bertz CT molecular complexity index is 432. The molecule has 3 heteroatoms. The van der Waals surface area contributed by atoms with Crippen molar-refractivity contribution in [2.75, 3.05) is 0 Å². The molecule has 1 amide bonds. The Morgan fingerprint density at radius 2 is 2.00 bits per heavy atom. The average Bonchev–Trinajstić information content (AvgIpc) is 2.35. The van der Waals surface area contributed by atoms with E-state index >= 15 is 0 Å². The van der Waals surface area contributed by atoms with Crippen molar-refractivity contribution in [3.8, 4) is 0 Å². The number of carbonyl (C=O) groups excluding carboxylic acids is 1. The number of hydrogen-bond acceptors (Lipinski definition) is 1. The van der Waals surface area contributed by atoms with E-state index in [9.17, 15) is 4.79 Å². The van der Waals surface area contributed by atoms with Gasteiger partial charge in [-0.2, -0.15) is 0 Å². The molecule has 0 spiro atoms. The van der Waals surface area contributed by atoms with Gasteiger partial charge in [0.25, 0.3) is 5.91 Å². The van der Waals surface area contributed by atoms with Crippen molar-refractivity contribution in [1.82, 2.24) is 5.32 Å². The van der Waals surface area contributed by atoms with Crippen LogP contribution in [0, 0.1) is 11.8 Å². The third-order valence-electron chi connectivity index (χ3n) is 4.14. The Kier molecular flexibility index (Phi) is 4.44. The minimum absolute atomic E-state index is 0.0356. The van der Waals surface area contributed by atoms with E-state index in [-0.39, 0.29) is 5.91 Å². The second kappa shape index (κ2) is 5.87. The number of benzene rings is 1. The maximum atomic E-state index is 12.2. The van der Waals surface area contributed by atoms with Gasteiger partial charge in [0.1, 0.15) is 0 Å². The molecule has 1 saturated carbocycles. The molecule has 18 heavy (non-hydrogen) atoms. The van der Waals surface area contributed by atoms with Crippen LogP contribution < -0.4 is 5.32 Å². The molecule has 1 fully saturated rings. The topological polar surface area (TPSA) is 29.1 Å². The van der Waals surface area contributed by atoms with E-state index in [1.165, 1.54) is 12.8 Å². The van der Waals surface area contributed by atoms with Crippen molar-refractivity contribution < 1.29 is 4.79 Å². The van der Waals surface area contributed by atoms with Gasteiger partial charge < -0.3 is 5.32 Å². The highest BCUT2D eigenvalue weighted by Gasteiger charge is 2.28. The number of halogens is 1. The number of nitrogens with one attached hydrogen (secondary N) is 1. The van der Waals surface area contributed by atoms with Crippen molar-refractivity contribution in [2.24, 2.45) is 11.8 Å². The molecule has 0 aromatic heterocycles. The van der Waals surface area contributed by atoms with Gasteiger partial charge >= 0.3 is 0 Å². The first-order valence-electron chi connectivity index (χ1n) is 6.65. The monoisotopic (exact) mass is 309 g/mol. The second-order valence-corrected chi connectivity index (χ2v) is 6.18. The molecule has 1 aliphatic rings. The third-order valence-corrected chi connectivity index (χ3v) is 4.83. The predicted octanol–water partition coefficient (Wildman–Crippen LogP) is 4.00. The summed E-state index contributed by atoms with van der Waals surface area (Å²) in [6.45, 7) is 4.52. The largest absolute Gasteiger partial charge is 0.349 e. The van der Waals surface area contributed by atoms with E-state index in [2.05, 4.69) is 35.1 Å². The molecule has 0 aliphatic heterocycles.